The molecule has 0 fully saturated rings. The number of aromatic nitrogens is 3. The number of carbonyl (C=O) groups is 1. The van der Waals surface area contributed by atoms with Gasteiger partial charge in [-0.1, -0.05) is 17.3 Å². The maximum absolute atomic E-state index is 11.4. The van der Waals surface area contributed by atoms with E-state index in [1.54, 1.807) is 16.0 Å². The molecule has 0 aliphatic heterocycles. The van der Waals surface area contributed by atoms with Crippen LogP contribution in [-0.2, 0) is 6.42 Å². The number of thiophene rings is 1. The van der Waals surface area contributed by atoms with Crippen LogP contribution in [0.5, 0.6) is 0 Å². The highest BCUT2D eigenvalue weighted by atomic mass is 32.1. The summed E-state index contributed by atoms with van der Waals surface area (Å²) in [6.07, 6.45) is 0.499. The van der Waals surface area contributed by atoms with Crippen LogP contribution < -0.4 is 0 Å². The van der Waals surface area contributed by atoms with Crippen molar-refractivity contribution in [1.29, 1.82) is 0 Å². The fourth-order valence-electron chi connectivity index (χ4n) is 2.27. The van der Waals surface area contributed by atoms with Gasteiger partial charge in [0.05, 0.1) is 11.4 Å². The quantitative estimate of drug-likeness (QED) is 0.803. The van der Waals surface area contributed by atoms with Crippen molar-refractivity contribution in [2.24, 2.45) is 0 Å². The van der Waals surface area contributed by atoms with Gasteiger partial charge in [-0.3, -0.25) is 0 Å². The number of carboxylic acid groups (broad SMARTS) is 1. The van der Waals surface area contributed by atoms with Gasteiger partial charge in [0.1, 0.15) is 0 Å². The fourth-order valence-corrected chi connectivity index (χ4v) is 2.98. The summed E-state index contributed by atoms with van der Waals surface area (Å²) in [6.45, 7) is 4.06. The van der Waals surface area contributed by atoms with Crippen LogP contribution in [0.25, 0.3) is 5.69 Å². The van der Waals surface area contributed by atoms with Gasteiger partial charge in [0.2, 0.25) is 0 Å². The first-order chi connectivity index (χ1) is 10.6. The number of aromatic carboxylic acids is 1. The Kier molecular flexibility index (Phi) is 3.77. The molecular formula is C16H15N3O2S. The van der Waals surface area contributed by atoms with Crippen molar-refractivity contribution in [2.75, 3.05) is 0 Å². The van der Waals surface area contributed by atoms with Gasteiger partial charge in [-0.15, -0.1) is 16.4 Å². The lowest BCUT2D eigenvalue weighted by Gasteiger charge is -2.08. The van der Waals surface area contributed by atoms with Crippen LogP contribution in [0.15, 0.2) is 35.7 Å². The highest BCUT2D eigenvalue weighted by molar-refractivity contribution is 7.09. The third-order valence-corrected chi connectivity index (χ3v) is 4.50. The molecule has 6 heteroatoms. The van der Waals surface area contributed by atoms with Gasteiger partial charge in [-0.05, 0) is 48.6 Å². The maximum atomic E-state index is 11.4. The lowest BCUT2D eigenvalue weighted by atomic mass is 10.1. The van der Waals surface area contributed by atoms with E-state index in [1.165, 1.54) is 5.56 Å². The van der Waals surface area contributed by atoms with Gasteiger partial charge >= 0.3 is 5.97 Å². The molecule has 0 spiro atoms. The Labute approximate surface area is 131 Å². The number of benzene rings is 1. The second-order valence-electron chi connectivity index (χ2n) is 5.13. The van der Waals surface area contributed by atoms with E-state index in [0.29, 0.717) is 12.1 Å². The summed E-state index contributed by atoms with van der Waals surface area (Å²) in [5.74, 6) is -1.05. The molecule has 0 amide bonds. The Morgan fingerprint density at radius 1 is 1.27 bits per heavy atom. The van der Waals surface area contributed by atoms with E-state index in [9.17, 15) is 9.90 Å². The van der Waals surface area contributed by atoms with E-state index in [2.05, 4.69) is 10.3 Å². The first-order valence-electron chi connectivity index (χ1n) is 6.84. The molecule has 0 unspecified atom stereocenters. The van der Waals surface area contributed by atoms with Crippen LogP contribution in [0, 0.1) is 13.8 Å². The average molecular weight is 313 g/mol. The Hall–Kier alpha value is -2.47. The molecule has 3 rings (SSSR count). The maximum Gasteiger partial charge on any atom is 0.358 e. The zero-order chi connectivity index (χ0) is 15.7. The minimum absolute atomic E-state index is 0.00614. The Balaban J connectivity index is 2.10. The lowest BCUT2D eigenvalue weighted by molar-refractivity contribution is 0.0689. The minimum Gasteiger partial charge on any atom is -0.476 e. The number of hydrogen-bond acceptors (Lipinski definition) is 4. The van der Waals surface area contributed by atoms with E-state index in [1.807, 2.05) is 49.6 Å². The molecule has 5 nitrogen and oxygen atoms in total. The van der Waals surface area contributed by atoms with Crippen LogP contribution in [0.2, 0.25) is 0 Å². The molecule has 0 bridgehead atoms. The van der Waals surface area contributed by atoms with Crippen LogP contribution >= 0.6 is 11.3 Å². The van der Waals surface area contributed by atoms with E-state index >= 15 is 0 Å². The van der Waals surface area contributed by atoms with E-state index in [-0.39, 0.29) is 5.69 Å². The van der Waals surface area contributed by atoms with E-state index in [4.69, 9.17) is 0 Å². The summed E-state index contributed by atoms with van der Waals surface area (Å²) in [4.78, 5) is 12.5. The van der Waals surface area contributed by atoms with Gasteiger partial charge in [0, 0.05) is 11.3 Å². The van der Waals surface area contributed by atoms with E-state index < -0.39 is 5.97 Å². The summed E-state index contributed by atoms with van der Waals surface area (Å²) in [5.41, 5.74) is 3.74. The molecule has 0 saturated carbocycles. The third-order valence-electron chi connectivity index (χ3n) is 3.62. The van der Waals surface area contributed by atoms with Crippen molar-refractivity contribution < 1.29 is 9.90 Å². The smallest absolute Gasteiger partial charge is 0.358 e. The van der Waals surface area contributed by atoms with Crippen molar-refractivity contribution in [1.82, 2.24) is 15.0 Å². The molecule has 2 heterocycles. The summed E-state index contributed by atoms with van der Waals surface area (Å²) in [5, 5.41) is 19.2. The summed E-state index contributed by atoms with van der Waals surface area (Å²) >= 11 is 1.59. The zero-order valence-electron chi connectivity index (χ0n) is 12.3. The van der Waals surface area contributed by atoms with Crippen molar-refractivity contribution >= 4 is 17.3 Å². The van der Waals surface area contributed by atoms with Gasteiger partial charge in [0.25, 0.3) is 0 Å². The topological polar surface area (TPSA) is 68.0 Å². The number of nitrogens with zero attached hydrogens (tertiary/aromatic N) is 3. The first kappa shape index (κ1) is 14.5. The Bertz CT molecular complexity index is 822. The molecule has 0 saturated heterocycles. The molecule has 0 atom stereocenters. The third kappa shape index (κ3) is 2.65. The van der Waals surface area contributed by atoms with Gasteiger partial charge < -0.3 is 5.11 Å². The van der Waals surface area contributed by atoms with Crippen molar-refractivity contribution in [3.8, 4) is 5.69 Å². The van der Waals surface area contributed by atoms with Gasteiger partial charge in [-0.2, -0.15) is 0 Å². The van der Waals surface area contributed by atoms with Gasteiger partial charge in [0.15, 0.2) is 5.69 Å². The predicted molar refractivity (Wildman–Crippen MR) is 84.9 cm³/mol. The number of rotatable bonds is 4. The van der Waals surface area contributed by atoms with Crippen LogP contribution in [0.3, 0.4) is 0 Å². The minimum atomic E-state index is -1.05. The molecule has 0 radical (unpaired) electrons. The summed E-state index contributed by atoms with van der Waals surface area (Å²) in [6, 6.07) is 9.86. The van der Waals surface area contributed by atoms with Crippen LogP contribution in [0.1, 0.15) is 32.2 Å². The molecule has 0 aliphatic carbocycles. The molecule has 22 heavy (non-hydrogen) atoms. The Morgan fingerprint density at radius 3 is 2.73 bits per heavy atom. The van der Waals surface area contributed by atoms with Crippen molar-refractivity contribution in [2.45, 2.75) is 20.3 Å². The molecule has 112 valence electrons. The zero-order valence-corrected chi connectivity index (χ0v) is 13.1. The van der Waals surface area contributed by atoms with Gasteiger partial charge in [-0.25, -0.2) is 9.48 Å². The average Bonchev–Trinajstić information content (AvgIpc) is 3.12. The second kappa shape index (κ2) is 5.73. The standard InChI is InChI=1S/C16H15N3O2S/c1-10-5-6-12(8-11(10)2)19-14(9-13-4-3-7-22-13)15(16(20)21)17-18-19/h3-8H,9H2,1-2H3,(H,20,21). The molecule has 0 aliphatic rings. The highest BCUT2D eigenvalue weighted by Crippen LogP contribution is 2.21. The lowest BCUT2D eigenvalue weighted by Crippen LogP contribution is -2.07. The number of aryl methyl sites for hydroxylation is 2. The van der Waals surface area contributed by atoms with Crippen molar-refractivity contribution in [3.63, 3.8) is 0 Å². The molecule has 1 N–H and O–H groups in total. The second-order valence-corrected chi connectivity index (χ2v) is 6.16. The van der Waals surface area contributed by atoms with E-state index in [0.717, 1.165) is 16.1 Å². The summed E-state index contributed by atoms with van der Waals surface area (Å²) in [7, 11) is 0. The van der Waals surface area contributed by atoms with Crippen LogP contribution in [-0.4, -0.2) is 26.1 Å². The fraction of sp³-hybridized carbons (Fsp3) is 0.188. The normalized spacial score (nSPS) is 10.8. The van der Waals surface area contributed by atoms with Crippen molar-refractivity contribution in [3.05, 3.63) is 63.1 Å². The largest absolute Gasteiger partial charge is 0.476 e. The molecule has 2 aromatic heterocycles. The number of hydrogen-bond donors (Lipinski definition) is 1. The summed E-state index contributed by atoms with van der Waals surface area (Å²) < 4.78 is 1.62. The SMILES string of the molecule is Cc1ccc(-n2nnc(C(=O)O)c2Cc2cccs2)cc1C. The molecule has 3 aromatic rings. The molecule has 1 aromatic carbocycles. The highest BCUT2D eigenvalue weighted by Gasteiger charge is 2.20. The number of carboxylic acids is 1. The molecular weight excluding hydrogens is 298 g/mol. The Morgan fingerprint density at radius 2 is 2.09 bits per heavy atom. The monoisotopic (exact) mass is 313 g/mol. The predicted octanol–water partition coefficient (Wildman–Crippen LogP) is 3.23. The first-order valence-corrected chi connectivity index (χ1v) is 7.72. The van der Waals surface area contributed by atoms with Crippen LogP contribution in [0.4, 0.5) is 0 Å².